The van der Waals surface area contributed by atoms with Crippen molar-refractivity contribution in [3.05, 3.63) is 29.3 Å². The van der Waals surface area contributed by atoms with Crippen LogP contribution in [0.15, 0.2) is 12.1 Å². The fourth-order valence-corrected chi connectivity index (χ4v) is 2.03. The molecule has 1 fully saturated rings. The molecule has 0 spiro atoms. The van der Waals surface area contributed by atoms with Crippen molar-refractivity contribution in [1.82, 2.24) is 4.90 Å². The molecule has 0 heterocycles. The number of nitrogens with zero attached hydrogens (tertiary/aromatic N) is 1. The quantitative estimate of drug-likeness (QED) is 0.614. The monoisotopic (exact) mass is 285 g/mol. The van der Waals surface area contributed by atoms with Crippen LogP contribution in [0.25, 0.3) is 0 Å². The van der Waals surface area contributed by atoms with E-state index in [-0.39, 0.29) is 11.6 Å². The first-order chi connectivity index (χ1) is 9.58. The number of nitrogens with one attached hydrogen (secondary N) is 1. The highest BCUT2D eigenvalue weighted by atomic mass is 19.1. The highest BCUT2D eigenvalue weighted by Crippen LogP contribution is 2.29. The SMILES string of the molecule is COCCN(C(=O)c1cc(F)c(NN)c(F)c1)C1CC1. The van der Waals surface area contributed by atoms with Crippen molar-refractivity contribution in [1.29, 1.82) is 0 Å². The summed E-state index contributed by atoms with van der Waals surface area (Å²) >= 11 is 0. The van der Waals surface area contributed by atoms with E-state index in [1.54, 1.807) is 4.90 Å². The van der Waals surface area contributed by atoms with Crippen molar-refractivity contribution in [2.75, 3.05) is 25.7 Å². The van der Waals surface area contributed by atoms with Gasteiger partial charge in [0.1, 0.15) is 5.69 Å². The van der Waals surface area contributed by atoms with Crippen molar-refractivity contribution in [3.63, 3.8) is 0 Å². The van der Waals surface area contributed by atoms with Gasteiger partial charge in [0.25, 0.3) is 5.91 Å². The molecule has 1 aromatic rings. The normalized spacial score (nSPS) is 14.2. The summed E-state index contributed by atoms with van der Waals surface area (Å²) in [5.41, 5.74) is 1.46. The van der Waals surface area contributed by atoms with Crippen LogP contribution in [0.2, 0.25) is 0 Å². The predicted octanol–water partition coefficient (Wildman–Crippen LogP) is 1.50. The molecule has 110 valence electrons. The molecule has 0 bridgehead atoms. The Bertz CT molecular complexity index is 483. The van der Waals surface area contributed by atoms with E-state index < -0.39 is 23.2 Å². The molecule has 1 aliphatic rings. The maximum atomic E-state index is 13.6. The molecule has 0 aromatic heterocycles. The summed E-state index contributed by atoms with van der Waals surface area (Å²) in [6.07, 6.45) is 1.81. The number of amides is 1. The summed E-state index contributed by atoms with van der Waals surface area (Å²) in [7, 11) is 1.54. The maximum absolute atomic E-state index is 13.6. The standard InChI is InChI=1S/C13H17F2N3O2/c1-20-5-4-18(9-2-3-9)13(19)8-6-10(14)12(17-16)11(15)7-8/h6-7,9,17H,2-5,16H2,1H3. The molecule has 1 aliphatic carbocycles. The van der Waals surface area contributed by atoms with Crippen molar-refractivity contribution in [2.24, 2.45) is 5.84 Å². The van der Waals surface area contributed by atoms with Crippen molar-refractivity contribution in [2.45, 2.75) is 18.9 Å². The molecule has 0 saturated heterocycles. The van der Waals surface area contributed by atoms with Gasteiger partial charge >= 0.3 is 0 Å². The minimum atomic E-state index is -0.890. The zero-order valence-electron chi connectivity index (χ0n) is 11.2. The van der Waals surface area contributed by atoms with Gasteiger partial charge in [-0.15, -0.1) is 0 Å². The maximum Gasteiger partial charge on any atom is 0.254 e. The Morgan fingerprint density at radius 3 is 2.50 bits per heavy atom. The van der Waals surface area contributed by atoms with Crippen molar-refractivity contribution >= 4 is 11.6 Å². The van der Waals surface area contributed by atoms with Gasteiger partial charge in [0, 0.05) is 25.3 Å². The molecule has 0 aliphatic heterocycles. The minimum absolute atomic E-state index is 0.0259. The summed E-state index contributed by atoms with van der Waals surface area (Å²) in [6, 6.07) is 2.11. The van der Waals surface area contributed by atoms with E-state index in [1.165, 1.54) is 7.11 Å². The molecule has 1 saturated carbocycles. The molecule has 5 nitrogen and oxygen atoms in total. The van der Waals surface area contributed by atoms with Crippen LogP contribution in [0.4, 0.5) is 14.5 Å². The zero-order valence-corrected chi connectivity index (χ0v) is 11.2. The van der Waals surface area contributed by atoms with E-state index in [1.807, 2.05) is 5.43 Å². The second-order valence-electron chi connectivity index (χ2n) is 4.68. The number of rotatable bonds is 6. The van der Waals surface area contributed by atoms with Crippen LogP contribution < -0.4 is 11.3 Å². The van der Waals surface area contributed by atoms with Crippen molar-refractivity contribution < 1.29 is 18.3 Å². The Kier molecular flexibility index (Phi) is 4.51. The molecule has 0 radical (unpaired) electrons. The number of methoxy groups -OCH3 is 1. The van der Waals surface area contributed by atoms with Gasteiger partial charge < -0.3 is 15.1 Å². The summed E-state index contributed by atoms with van der Waals surface area (Å²) in [5, 5.41) is 0. The van der Waals surface area contributed by atoms with Gasteiger partial charge in [0.05, 0.1) is 6.61 Å². The number of hydrogen-bond acceptors (Lipinski definition) is 4. The van der Waals surface area contributed by atoms with E-state index in [2.05, 4.69) is 0 Å². The summed E-state index contributed by atoms with van der Waals surface area (Å²) in [4.78, 5) is 13.9. The Hall–Kier alpha value is -1.73. The topological polar surface area (TPSA) is 67.6 Å². The number of halogens is 2. The predicted molar refractivity (Wildman–Crippen MR) is 70.1 cm³/mol. The lowest BCUT2D eigenvalue weighted by atomic mass is 10.1. The Morgan fingerprint density at radius 2 is 2.05 bits per heavy atom. The first kappa shape index (κ1) is 14.7. The number of nitrogens with two attached hydrogens (primary N) is 1. The molecule has 20 heavy (non-hydrogen) atoms. The molecular formula is C13H17F2N3O2. The van der Waals surface area contributed by atoms with E-state index in [4.69, 9.17) is 10.6 Å². The van der Waals surface area contributed by atoms with E-state index >= 15 is 0 Å². The smallest absolute Gasteiger partial charge is 0.254 e. The fourth-order valence-electron chi connectivity index (χ4n) is 2.03. The summed E-state index contributed by atoms with van der Waals surface area (Å²) in [5.74, 6) is 2.84. The van der Waals surface area contributed by atoms with Crippen LogP contribution in [0.5, 0.6) is 0 Å². The Labute approximate surface area is 115 Å². The van der Waals surface area contributed by atoms with E-state index in [9.17, 15) is 13.6 Å². The first-order valence-corrected chi connectivity index (χ1v) is 6.34. The number of carbonyl (C=O) groups excluding carboxylic acids is 1. The molecule has 0 atom stereocenters. The number of carbonyl (C=O) groups is 1. The van der Waals surface area contributed by atoms with Gasteiger partial charge in [-0.1, -0.05) is 0 Å². The van der Waals surface area contributed by atoms with E-state index in [0.29, 0.717) is 13.2 Å². The number of nitrogen functional groups attached to an aromatic ring is 1. The number of hydrogen-bond donors (Lipinski definition) is 2. The van der Waals surface area contributed by atoms with Crippen LogP contribution in [-0.2, 0) is 4.74 Å². The first-order valence-electron chi connectivity index (χ1n) is 6.34. The second kappa shape index (κ2) is 6.15. The third kappa shape index (κ3) is 3.05. The second-order valence-corrected chi connectivity index (χ2v) is 4.68. The minimum Gasteiger partial charge on any atom is -0.383 e. The summed E-state index contributed by atoms with van der Waals surface area (Å²) in [6.45, 7) is 0.787. The average Bonchev–Trinajstić information content (AvgIpc) is 3.23. The molecule has 1 amide bonds. The molecule has 1 aromatic carbocycles. The van der Waals surface area contributed by atoms with Crippen LogP contribution in [-0.4, -0.2) is 37.1 Å². The Balaban J connectivity index is 2.22. The summed E-state index contributed by atoms with van der Waals surface area (Å²) < 4.78 is 32.2. The molecular weight excluding hydrogens is 268 g/mol. The molecule has 3 N–H and O–H groups in total. The van der Waals surface area contributed by atoms with Gasteiger partial charge in [0.15, 0.2) is 11.6 Å². The lowest BCUT2D eigenvalue weighted by Crippen LogP contribution is -2.36. The average molecular weight is 285 g/mol. The Morgan fingerprint density at radius 1 is 1.45 bits per heavy atom. The van der Waals surface area contributed by atoms with Crippen LogP contribution >= 0.6 is 0 Å². The molecule has 7 heteroatoms. The molecule has 2 rings (SSSR count). The number of hydrazine groups is 1. The highest BCUT2D eigenvalue weighted by molar-refractivity contribution is 5.95. The molecule has 0 unspecified atom stereocenters. The number of ether oxygens (including phenoxy) is 1. The number of benzene rings is 1. The van der Waals surface area contributed by atoms with Gasteiger partial charge in [-0.3, -0.25) is 10.6 Å². The third-order valence-electron chi connectivity index (χ3n) is 3.22. The van der Waals surface area contributed by atoms with Gasteiger partial charge in [0.2, 0.25) is 0 Å². The van der Waals surface area contributed by atoms with Gasteiger partial charge in [-0.05, 0) is 25.0 Å². The van der Waals surface area contributed by atoms with E-state index in [0.717, 1.165) is 25.0 Å². The lowest BCUT2D eigenvalue weighted by Gasteiger charge is -2.22. The zero-order chi connectivity index (χ0) is 14.7. The van der Waals surface area contributed by atoms with Gasteiger partial charge in [-0.2, -0.15) is 0 Å². The third-order valence-corrected chi connectivity index (χ3v) is 3.22. The van der Waals surface area contributed by atoms with Crippen molar-refractivity contribution in [3.8, 4) is 0 Å². The van der Waals surface area contributed by atoms with Crippen LogP contribution in [0, 0.1) is 11.6 Å². The fraction of sp³-hybridized carbons (Fsp3) is 0.462. The van der Waals surface area contributed by atoms with Gasteiger partial charge in [-0.25, -0.2) is 8.78 Å². The highest BCUT2D eigenvalue weighted by Gasteiger charge is 2.33. The number of anilines is 1. The van der Waals surface area contributed by atoms with Crippen LogP contribution in [0.3, 0.4) is 0 Å². The lowest BCUT2D eigenvalue weighted by molar-refractivity contribution is 0.0679. The largest absolute Gasteiger partial charge is 0.383 e. The van der Waals surface area contributed by atoms with Crippen LogP contribution in [0.1, 0.15) is 23.2 Å².